The summed E-state index contributed by atoms with van der Waals surface area (Å²) in [5.41, 5.74) is 2.54. The van der Waals surface area contributed by atoms with Crippen LogP contribution in [0.3, 0.4) is 0 Å². The van der Waals surface area contributed by atoms with Crippen molar-refractivity contribution in [2.24, 2.45) is 0 Å². The van der Waals surface area contributed by atoms with Gasteiger partial charge in [-0.3, -0.25) is 9.59 Å². The lowest BCUT2D eigenvalue weighted by Crippen LogP contribution is -2.26. The maximum absolute atomic E-state index is 12.9. The molecule has 0 atom stereocenters. The van der Waals surface area contributed by atoms with Gasteiger partial charge in [-0.25, -0.2) is 4.68 Å². The van der Waals surface area contributed by atoms with E-state index in [0.717, 1.165) is 11.3 Å². The third-order valence-corrected chi connectivity index (χ3v) is 4.28. The van der Waals surface area contributed by atoms with E-state index >= 15 is 0 Å². The number of fused-ring (bicyclic) bond motifs is 1. The van der Waals surface area contributed by atoms with Gasteiger partial charge in [0.05, 0.1) is 16.6 Å². The Bertz CT molecular complexity index is 1200. The summed E-state index contributed by atoms with van der Waals surface area (Å²) in [6.45, 7) is 1.94. The molecule has 0 radical (unpaired) electrons. The van der Waals surface area contributed by atoms with E-state index < -0.39 is 5.91 Å². The Morgan fingerprint density at radius 2 is 1.67 bits per heavy atom. The van der Waals surface area contributed by atoms with Crippen molar-refractivity contribution >= 4 is 22.5 Å². The normalized spacial score (nSPS) is 10.7. The van der Waals surface area contributed by atoms with Crippen LogP contribution in [-0.4, -0.2) is 15.7 Å². The molecule has 0 aliphatic heterocycles. The predicted molar refractivity (Wildman–Crippen MR) is 106 cm³/mol. The van der Waals surface area contributed by atoms with Crippen LogP contribution in [0.2, 0.25) is 0 Å². The quantitative estimate of drug-likeness (QED) is 0.605. The van der Waals surface area contributed by atoms with Crippen LogP contribution in [0.5, 0.6) is 0 Å². The molecule has 0 fully saturated rings. The van der Waals surface area contributed by atoms with Gasteiger partial charge in [-0.1, -0.05) is 42.5 Å². The Labute approximate surface area is 155 Å². The summed E-state index contributed by atoms with van der Waals surface area (Å²) in [4.78, 5) is 25.7. The van der Waals surface area contributed by atoms with Gasteiger partial charge >= 0.3 is 0 Å². The molecular weight excluding hydrogens is 338 g/mol. The molecule has 0 unspecified atom stereocenters. The molecule has 1 aromatic heterocycles. The van der Waals surface area contributed by atoms with Crippen molar-refractivity contribution in [2.75, 3.05) is 5.32 Å². The number of aryl methyl sites for hydroxylation is 1. The van der Waals surface area contributed by atoms with Gasteiger partial charge in [0.15, 0.2) is 5.69 Å². The van der Waals surface area contributed by atoms with Crippen LogP contribution < -0.4 is 10.7 Å². The highest BCUT2D eigenvalue weighted by atomic mass is 16.2. The molecule has 0 saturated carbocycles. The molecule has 0 aliphatic carbocycles. The van der Waals surface area contributed by atoms with Crippen molar-refractivity contribution in [1.82, 2.24) is 9.78 Å². The summed E-state index contributed by atoms with van der Waals surface area (Å²) < 4.78 is 1.63. The molecule has 1 heterocycles. The Hall–Kier alpha value is -3.73. The van der Waals surface area contributed by atoms with Crippen molar-refractivity contribution in [1.29, 1.82) is 0 Å². The van der Waals surface area contributed by atoms with Gasteiger partial charge in [-0.2, -0.15) is 5.10 Å². The molecule has 0 aliphatic rings. The molecule has 3 aromatic carbocycles. The highest BCUT2D eigenvalue weighted by Crippen LogP contribution is 2.16. The maximum Gasteiger partial charge on any atom is 0.280 e. The lowest BCUT2D eigenvalue weighted by molar-refractivity contribution is 0.102. The summed E-state index contributed by atoms with van der Waals surface area (Å²) >= 11 is 0. The molecule has 0 bridgehead atoms. The number of carbonyl (C=O) groups excluding carboxylic acids is 1. The van der Waals surface area contributed by atoms with Crippen LogP contribution in [0.25, 0.3) is 16.6 Å². The SMILES string of the molecule is Cc1cccc(NC(=O)c2nn(-c3ccccc3)c3ccccc3c2=O)c1. The fourth-order valence-corrected chi connectivity index (χ4v) is 3.00. The Balaban J connectivity index is 1.87. The molecule has 4 aromatic rings. The third kappa shape index (κ3) is 3.22. The Kier molecular flexibility index (Phi) is 4.26. The minimum Gasteiger partial charge on any atom is -0.320 e. The lowest BCUT2D eigenvalue weighted by atomic mass is 10.1. The number of amides is 1. The number of nitrogens with one attached hydrogen (secondary N) is 1. The zero-order valence-electron chi connectivity index (χ0n) is 14.7. The van der Waals surface area contributed by atoms with Crippen LogP contribution in [0.4, 0.5) is 5.69 Å². The highest BCUT2D eigenvalue weighted by molar-refractivity contribution is 6.04. The second kappa shape index (κ2) is 6.88. The molecule has 5 heteroatoms. The number of carbonyl (C=O) groups is 1. The van der Waals surface area contributed by atoms with E-state index in [1.165, 1.54) is 0 Å². The monoisotopic (exact) mass is 355 g/mol. The van der Waals surface area contributed by atoms with Crippen LogP contribution in [-0.2, 0) is 0 Å². The first kappa shape index (κ1) is 16.7. The number of aromatic nitrogens is 2. The number of rotatable bonds is 3. The average Bonchev–Trinajstić information content (AvgIpc) is 2.69. The number of hydrogen-bond acceptors (Lipinski definition) is 3. The molecule has 1 amide bonds. The fraction of sp³-hybridized carbons (Fsp3) is 0.0455. The lowest BCUT2D eigenvalue weighted by Gasteiger charge is -2.12. The summed E-state index contributed by atoms with van der Waals surface area (Å²) in [6, 6.07) is 24.0. The summed E-state index contributed by atoms with van der Waals surface area (Å²) in [7, 11) is 0. The smallest absolute Gasteiger partial charge is 0.280 e. The number of hydrogen-bond donors (Lipinski definition) is 1. The molecule has 132 valence electrons. The number of nitrogens with zero attached hydrogens (tertiary/aromatic N) is 2. The first-order chi connectivity index (χ1) is 13.1. The minimum absolute atomic E-state index is 0.140. The van der Waals surface area contributed by atoms with Crippen molar-refractivity contribution < 1.29 is 4.79 Å². The maximum atomic E-state index is 12.9. The summed E-state index contributed by atoms with van der Waals surface area (Å²) in [5, 5.41) is 7.60. The minimum atomic E-state index is -0.527. The van der Waals surface area contributed by atoms with Crippen LogP contribution in [0, 0.1) is 6.92 Å². The van der Waals surface area contributed by atoms with E-state index in [0.29, 0.717) is 16.6 Å². The van der Waals surface area contributed by atoms with E-state index in [1.807, 2.05) is 67.6 Å². The third-order valence-electron chi connectivity index (χ3n) is 4.28. The largest absolute Gasteiger partial charge is 0.320 e. The van der Waals surface area contributed by atoms with Gasteiger partial charge in [0.25, 0.3) is 5.91 Å². The van der Waals surface area contributed by atoms with Gasteiger partial charge in [-0.05, 0) is 48.9 Å². The number of benzene rings is 3. The van der Waals surface area contributed by atoms with E-state index in [9.17, 15) is 9.59 Å². The van der Waals surface area contributed by atoms with Crippen molar-refractivity contribution in [3.8, 4) is 5.69 Å². The molecule has 0 spiro atoms. The van der Waals surface area contributed by atoms with Crippen molar-refractivity contribution in [2.45, 2.75) is 6.92 Å². The van der Waals surface area contributed by atoms with Crippen LogP contribution in [0.1, 0.15) is 16.1 Å². The molecule has 4 rings (SSSR count). The van der Waals surface area contributed by atoms with Crippen molar-refractivity contribution in [3.05, 3.63) is 100 Å². The fourth-order valence-electron chi connectivity index (χ4n) is 3.00. The molecule has 5 nitrogen and oxygen atoms in total. The first-order valence-electron chi connectivity index (χ1n) is 8.59. The topological polar surface area (TPSA) is 64.0 Å². The van der Waals surface area contributed by atoms with E-state index in [-0.39, 0.29) is 11.1 Å². The predicted octanol–water partition coefficient (Wildman–Crippen LogP) is 3.95. The number of para-hydroxylation sites is 2. The zero-order valence-corrected chi connectivity index (χ0v) is 14.7. The second-order valence-electron chi connectivity index (χ2n) is 6.27. The highest BCUT2D eigenvalue weighted by Gasteiger charge is 2.18. The Morgan fingerprint density at radius 1 is 0.926 bits per heavy atom. The van der Waals surface area contributed by atoms with E-state index in [2.05, 4.69) is 10.4 Å². The van der Waals surface area contributed by atoms with Gasteiger partial charge < -0.3 is 5.32 Å². The van der Waals surface area contributed by atoms with Crippen LogP contribution in [0.15, 0.2) is 83.7 Å². The Morgan fingerprint density at radius 3 is 2.44 bits per heavy atom. The van der Waals surface area contributed by atoms with Crippen molar-refractivity contribution in [3.63, 3.8) is 0 Å². The van der Waals surface area contributed by atoms with Gasteiger partial charge in [0, 0.05) is 5.69 Å². The summed E-state index contributed by atoms with van der Waals surface area (Å²) in [6.07, 6.45) is 0. The van der Waals surface area contributed by atoms with Gasteiger partial charge in [-0.15, -0.1) is 0 Å². The molecular formula is C22H17N3O2. The van der Waals surface area contributed by atoms with Gasteiger partial charge in [0.2, 0.25) is 5.43 Å². The first-order valence-corrected chi connectivity index (χ1v) is 8.59. The average molecular weight is 355 g/mol. The van der Waals surface area contributed by atoms with Gasteiger partial charge in [0.1, 0.15) is 0 Å². The second-order valence-corrected chi connectivity index (χ2v) is 6.27. The molecule has 27 heavy (non-hydrogen) atoms. The van der Waals surface area contributed by atoms with E-state index in [1.54, 1.807) is 22.9 Å². The number of anilines is 1. The zero-order chi connectivity index (χ0) is 18.8. The molecule has 0 saturated heterocycles. The van der Waals surface area contributed by atoms with Crippen LogP contribution >= 0.6 is 0 Å². The summed E-state index contributed by atoms with van der Waals surface area (Å²) in [5.74, 6) is -0.527. The van der Waals surface area contributed by atoms with E-state index in [4.69, 9.17) is 0 Å². The standard InChI is InChI=1S/C22H17N3O2/c1-15-8-7-9-16(14-15)23-22(27)20-21(26)18-12-5-6-13-19(18)25(24-20)17-10-3-2-4-11-17/h2-14H,1H3,(H,23,27). The molecule has 1 N–H and O–H groups in total.